The zero-order valence-electron chi connectivity index (χ0n) is 12.4. The van der Waals surface area contributed by atoms with Crippen LogP contribution in [0.4, 0.5) is 0 Å². The van der Waals surface area contributed by atoms with Crippen LogP contribution < -0.4 is 5.73 Å². The molecule has 0 saturated heterocycles. The summed E-state index contributed by atoms with van der Waals surface area (Å²) in [6.45, 7) is 17.0. The Balaban J connectivity index is 4.99. The Kier molecular flexibility index (Phi) is 6.57. The fourth-order valence-corrected chi connectivity index (χ4v) is 2.63. The monoisotopic (exact) mass is 228 g/mol. The van der Waals surface area contributed by atoms with E-state index in [2.05, 4.69) is 53.4 Å². The van der Waals surface area contributed by atoms with Crippen LogP contribution >= 0.6 is 0 Å². The third-order valence-corrected chi connectivity index (χ3v) is 3.64. The molecule has 0 aliphatic carbocycles. The Hall–Kier alpha value is -0.0800. The van der Waals surface area contributed by atoms with Crippen molar-refractivity contribution in [2.24, 2.45) is 11.1 Å². The Morgan fingerprint density at radius 3 is 1.81 bits per heavy atom. The SMILES string of the molecule is CCC(N)C(N(CC)C(C)CC)C(C)(C)C. The molecule has 0 amide bonds. The van der Waals surface area contributed by atoms with Crippen LogP contribution in [0.25, 0.3) is 0 Å². The van der Waals surface area contributed by atoms with E-state index in [0.29, 0.717) is 12.1 Å². The molecule has 0 radical (unpaired) electrons. The van der Waals surface area contributed by atoms with Gasteiger partial charge >= 0.3 is 0 Å². The maximum Gasteiger partial charge on any atom is 0.0298 e. The fourth-order valence-electron chi connectivity index (χ4n) is 2.63. The molecule has 0 heterocycles. The van der Waals surface area contributed by atoms with Crippen LogP contribution in [0.3, 0.4) is 0 Å². The molecule has 0 aromatic rings. The van der Waals surface area contributed by atoms with Crippen molar-refractivity contribution in [3.05, 3.63) is 0 Å². The molecule has 2 nitrogen and oxygen atoms in total. The minimum atomic E-state index is 0.245. The third-order valence-electron chi connectivity index (χ3n) is 3.64. The predicted molar refractivity (Wildman–Crippen MR) is 73.6 cm³/mol. The fraction of sp³-hybridized carbons (Fsp3) is 1.00. The molecule has 0 aromatic carbocycles. The van der Waals surface area contributed by atoms with Crippen molar-refractivity contribution < 1.29 is 0 Å². The topological polar surface area (TPSA) is 29.3 Å². The third kappa shape index (κ3) is 4.06. The number of hydrogen-bond donors (Lipinski definition) is 1. The lowest BCUT2D eigenvalue weighted by Crippen LogP contribution is -2.57. The van der Waals surface area contributed by atoms with Crippen molar-refractivity contribution >= 4 is 0 Å². The quantitative estimate of drug-likeness (QED) is 0.756. The molecule has 16 heavy (non-hydrogen) atoms. The number of likely N-dealkylation sites (N-methyl/N-ethyl adjacent to an activating group) is 1. The standard InChI is InChI=1S/C14H32N2/c1-8-11(4)16(10-3)13(12(15)9-2)14(5,6)7/h11-13H,8-10,15H2,1-7H3. The van der Waals surface area contributed by atoms with Crippen molar-refractivity contribution in [1.29, 1.82) is 0 Å². The largest absolute Gasteiger partial charge is 0.326 e. The molecule has 0 saturated carbocycles. The Morgan fingerprint density at radius 2 is 1.56 bits per heavy atom. The molecule has 0 bridgehead atoms. The van der Waals surface area contributed by atoms with E-state index in [9.17, 15) is 0 Å². The minimum absolute atomic E-state index is 0.245. The normalized spacial score (nSPS) is 18.6. The van der Waals surface area contributed by atoms with Crippen LogP contribution in [0.15, 0.2) is 0 Å². The molecular formula is C14H32N2. The molecule has 2 N–H and O–H groups in total. The molecular weight excluding hydrogens is 196 g/mol. The maximum atomic E-state index is 6.33. The number of nitrogens with zero attached hydrogens (tertiary/aromatic N) is 1. The van der Waals surface area contributed by atoms with E-state index < -0.39 is 0 Å². The van der Waals surface area contributed by atoms with E-state index >= 15 is 0 Å². The van der Waals surface area contributed by atoms with Crippen LogP contribution in [-0.2, 0) is 0 Å². The molecule has 2 heteroatoms. The highest BCUT2D eigenvalue weighted by molar-refractivity contribution is 4.92. The summed E-state index contributed by atoms with van der Waals surface area (Å²) in [6, 6.07) is 1.36. The van der Waals surface area contributed by atoms with Crippen LogP contribution in [0, 0.1) is 5.41 Å². The first kappa shape index (κ1) is 15.9. The lowest BCUT2D eigenvalue weighted by molar-refractivity contribution is 0.0481. The summed E-state index contributed by atoms with van der Waals surface area (Å²) in [5.41, 5.74) is 6.58. The second-order valence-corrected chi connectivity index (χ2v) is 5.97. The molecule has 98 valence electrons. The lowest BCUT2D eigenvalue weighted by Gasteiger charge is -2.45. The maximum absolute atomic E-state index is 6.33. The van der Waals surface area contributed by atoms with Crippen LogP contribution in [-0.4, -0.2) is 29.6 Å². The molecule has 0 fully saturated rings. The van der Waals surface area contributed by atoms with Gasteiger partial charge in [0.2, 0.25) is 0 Å². The van der Waals surface area contributed by atoms with Crippen LogP contribution in [0.5, 0.6) is 0 Å². The average Bonchev–Trinajstić information content (AvgIpc) is 2.21. The van der Waals surface area contributed by atoms with Crippen LogP contribution in [0.1, 0.15) is 61.3 Å². The summed E-state index contributed by atoms with van der Waals surface area (Å²) in [5.74, 6) is 0. The van der Waals surface area contributed by atoms with E-state index in [4.69, 9.17) is 5.73 Å². The van der Waals surface area contributed by atoms with Gasteiger partial charge in [-0.3, -0.25) is 4.90 Å². The molecule has 3 atom stereocenters. The van der Waals surface area contributed by atoms with Gasteiger partial charge in [0.15, 0.2) is 0 Å². The lowest BCUT2D eigenvalue weighted by atomic mass is 9.79. The van der Waals surface area contributed by atoms with Gasteiger partial charge in [0, 0.05) is 18.1 Å². The Bertz CT molecular complexity index is 184. The molecule has 0 aromatic heterocycles. The first-order chi connectivity index (χ1) is 7.29. The van der Waals surface area contributed by atoms with Gasteiger partial charge < -0.3 is 5.73 Å². The van der Waals surface area contributed by atoms with Gasteiger partial charge in [-0.2, -0.15) is 0 Å². The van der Waals surface area contributed by atoms with Crippen molar-refractivity contribution in [1.82, 2.24) is 4.90 Å². The summed E-state index contributed by atoms with van der Waals surface area (Å²) in [6.07, 6.45) is 2.24. The van der Waals surface area contributed by atoms with E-state index in [1.54, 1.807) is 0 Å². The van der Waals surface area contributed by atoms with Gasteiger partial charge in [-0.1, -0.05) is 41.5 Å². The van der Waals surface area contributed by atoms with Crippen molar-refractivity contribution in [3.63, 3.8) is 0 Å². The van der Waals surface area contributed by atoms with E-state index in [1.807, 2.05) is 0 Å². The average molecular weight is 228 g/mol. The first-order valence-corrected chi connectivity index (χ1v) is 6.80. The summed E-state index contributed by atoms with van der Waals surface area (Å²) in [4.78, 5) is 2.58. The number of rotatable bonds is 6. The van der Waals surface area contributed by atoms with Gasteiger partial charge in [0.25, 0.3) is 0 Å². The van der Waals surface area contributed by atoms with Crippen LogP contribution in [0.2, 0.25) is 0 Å². The molecule has 0 spiro atoms. The zero-order valence-corrected chi connectivity index (χ0v) is 12.4. The van der Waals surface area contributed by atoms with E-state index in [0.717, 1.165) is 13.0 Å². The van der Waals surface area contributed by atoms with Crippen molar-refractivity contribution in [2.75, 3.05) is 6.54 Å². The summed E-state index contributed by atoms with van der Waals surface area (Å²) in [7, 11) is 0. The van der Waals surface area contributed by atoms with Gasteiger partial charge in [-0.05, 0) is 31.7 Å². The summed E-state index contributed by atoms with van der Waals surface area (Å²) >= 11 is 0. The highest BCUT2D eigenvalue weighted by Crippen LogP contribution is 2.29. The smallest absolute Gasteiger partial charge is 0.0298 e. The zero-order chi connectivity index (χ0) is 12.9. The highest BCUT2D eigenvalue weighted by Gasteiger charge is 2.35. The molecule has 0 rings (SSSR count). The van der Waals surface area contributed by atoms with Crippen molar-refractivity contribution in [2.45, 2.75) is 79.4 Å². The Labute approximate surface area is 103 Å². The molecule has 0 aliphatic rings. The second kappa shape index (κ2) is 6.61. The predicted octanol–water partition coefficient (Wildman–Crippen LogP) is 3.26. The van der Waals surface area contributed by atoms with Gasteiger partial charge in [0.1, 0.15) is 0 Å². The minimum Gasteiger partial charge on any atom is -0.326 e. The van der Waals surface area contributed by atoms with Gasteiger partial charge in [-0.15, -0.1) is 0 Å². The number of nitrogens with two attached hydrogens (primary N) is 1. The highest BCUT2D eigenvalue weighted by atomic mass is 15.2. The summed E-state index contributed by atoms with van der Waals surface area (Å²) in [5, 5.41) is 0. The number of hydrogen-bond acceptors (Lipinski definition) is 2. The van der Waals surface area contributed by atoms with Gasteiger partial charge in [-0.25, -0.2) is 0 Å². The van der Waals surface area contributed by atoms with Gasteiger partial charge in [0.05, 0.1) is 0 Å². The Morgan fingerprint density at radius 1 is 1.06 bits per heavy atom. The van der Waals surface area contributed by atoms with E-state index in [-0.39, 0.29) is 11.5 Å². The molecule has 0 aliphatic heterocycles. The second-order valence-electron chi connectivity index (χ2n) is 5.97. The molecule has 3 unspecified atom stereocenters. The first-order valence-electron chi connectivity index (χ1n) is 6.80. The van der Waals surface area contributed by atoms with E-state index in [1.165, 1.54) is 6.42 Å². The van der Waals surface area contributed by atoms with Crippen molar-refractivity contribution in [3.8, 4) is 0 Å². The summed E-state index contributed by atoms with van der Waals surface area (Å²) < 4.78 is 0.